The number of aliphatic hydroxyl groups excluding tert-OH is 6. The minimum atomic E-state index is -1.60. The van der Waals surface area contributed by atoms with Gasteiger partial charge in [0.1, 0.15) is 30.5 Å². The molecule has 1 saturated heterocycles. The van der Waals surface area contributed by atoms with Crippen LogP contribution in [0.5, 0.6) is 0 Å². The zero-order valence-electron chi connectivity index (χ0n) is 51.6. The Bertz CT molecular complexity index is 1250. The van der Waals surface area contributed by atoms with Crippen LogP contribution in [0.1, 0.15) is 354 Å². The Morgan fingerprint density at radius 1 is 0.423 bits per heavy atom. The third kappa shape index (κ3) is 45.4. The van der Waals surface area contributed by atoms with E-state index in [0.717, 1.165) is 38.5 Å². The molecule has 0 aromatic carbocycles. The molecule has 10 heteroatoms. The van der Waals surface area contributed by atoms with Gasteiger partial charge in [0, 0.05) is 0 Å². The first kappa shape index (κ1) is 74.9. The maximum absolute atomic E-state index is 13.2. The van der Waals surface area contributed by atoms with Crippen molar-refractivity contribution < 1.29 is 44.9 Å². The molecule has 1 rings (SSSR count). The van der Waals surface area contributed by atoms with Crippen LogP contribution in [0.25, 0.3) is 0 Å². The molecule has 1 fully saturated rings. The van der Waals surface area contributed by atoms with Crippen molar-refractivity contribution in [2.45, 2.75) is 403 Å². The van der Waals surface area contributed by atoms with Crippen LogP contribution in [0, 0.1) is 0 Å². The molecule has 7 N–H and O–H groups in total. The van der Waals surface area contributed by atoms with Crippen LogP contribution in [-0.2, 0) is 14.3 Å². The summed E-state index contributed by atoms with van der Waals surface area (Å²) < 4.78 is 11.3. The van der Waals surface area contributed by atoms with Crippen molar-refractivity contribution in [1.29, 1.82) is 0 Å². The number of rotatable bonds is 61. The summed E-state index contributed by atoms with van der Waals surface area (Å²) in [5.41, 5.74) is 0. The second-order valence-electron chi connectivity index (χ2n) is 24.5. The quantitative estimate of drug-likeness (QED) is 0.0232. The molecule has 0 aromatic heterocycles. The van der Waals surface area contributed by atoms with E-state index in [1.165, 1.54) is 289 Å². The van der Waals surface area contributed by atoms with Gasteiger partial charge in [-0.2, -0.15) is 0 Å². The van der Waals surface area contributed by atoms with Crippen molar-refractivity contribution >= 4 is 5.91 Å². The number of aliphatic hydroxyl groups is 6. The topological polar surface area (TPSA) is 169 Å². The van der Waals surface area contributed by atoms with Crippen LogP contribution in [0.15, 0.2) is 12.2 Å². The average Bonchev–Trinajstić information content (AvgIpc) is 3.45. The van der Waals surface area contributed by atoms with Crippen LogP contribution in [-0.4, -0.2) is 98.7 Å². The maximum Gasteiger partial charge on any atom is 0.249 e. The van der Waals surface area contributed by atoms with Gasteiger partial charge in [-0.1, -0.05) is 328 Å². The molecule has 78 heavy (non-hydrogen) atoms. The Labute approximate surface area is 482 Å². The molecule has 8 unspecified atom stereocenters. The van der Waals surface area contributed by atoms with Gasteiger partial charge in [-0.15, -0.1) is 0 Å². The number of unbranched alkanes of at least 4 members (excludes halogenated alkanes) is 48. The largest absolute Gasteiger partial charge is 0.394 e. The third-order valence-corrected chi connectivity index (χ3v) is 17.0. The van der Waals surface area contributed by atoms with E-state index in [4.69, 9.17) is 9.47 Å². The van der Waals surface area contributed by atoms with Crippen LogP contribution >= 0.6 is 0 Å². The van der Waals surface area contributed by atoms with Gasteiger partial charge < -0.3 is 45.4 Å². The highest BCUT2D eigenvalue weighted by Crippen LogP contribution is 2.24. The Morgan fingerprint density at radius 2 is 0.718 bits per heavy atom. The molecule has 0 aromatic rings. The summed E-state index contributed by atoms with van der Waals surface area (Å²) in [4.78, 5) is 13.2. The minimum absolute atomic E-state index is 0.251. The van der Waals surface area contributed by atoms with Gasteiger partial charge in [-0.25, -0.2) is 0 Å². The van der Waals surface area contributed by atoms with Gasteiger partial charge in [0.05, 0.1) is 25.4 Å². The first-order valence-corrected chi connectivity index (χ1v) is 34.5. The molecule has 1 amide bonds. The molecule has 1 heterocycles. The summed E-state index contributed by atoms with van der Waals surface area (Å²) in [6, 6.07) is -0.892. The van der Waals surface area contributed by atoms with Crippen LogP contribution in [0.2, 0.25) is 0 Å². The second kappa shape index (κ2) is 57.7. The van der Waals surface area contributed by atoms with Gasteiger partial charge in [0.2, 0.25) is 5.91 Å². The molecule has 0 spiro atoms. The molecule has 0 saturated carbocycles. The van der Waals surface area contributed by atoms with Crippen LogP contribution in [0.4, 0.5) is 0 Å². The molecule has 0 aliphatic carbocycles. The maximum atomic E-state index is 13.2. The average molecular weight is 1110 g/mol. The Kier molecular flexibility index (Phi) is 55.4. The lowest BCUT2D eigenvalue weighted by Crippen LogP contribution is -2.60. The smallest absolute Gasteiger partial charge is 0.249 e. The summed E-state index contributed by atoms with van der Waals surface area (Å²) in [6.45, 7) is 3.73. The zero-order valence-corrected chi connectivity index (χ0v) is 51.6. The number of hydrogen-bond donors (Lipinski definition) is 7. The van der Waals surface area contributed by atoms with Crippen LogP contribution < -0.4 is 5.32 Å². The molecule has 464 valence electrons. The van der Waals surface area contributed by atoms with Gasteiger partial charge >= 0.3 is 0 Å². The highest BCUT2D eigenvalue weighted by molar-refractivity contribution is 5.80. The third-order valence-electron chi connectivity index (χ3n) is 17.0. The monoisotopic (exact) mass is 1110 g/mol. The first-order chi connectivity index (χ1) is 38.3. The number of carbonyl (C=O) groups excluding carboxylic acids is 1. The van der Waals surface area contributed by atoms with E-state index in [1.807, 2.05) is 0 Å². The molecule has 1 aliphatic rings. The van der Waals surface area contributed by atoms with E-state index >= 15 is 0 Å². The number of ether oxygens (including phenoxy) is 2. The number of nitrogens with one attached hydrogen (secondary N) is 1. The van der Waals surface area contributed by atoms with Crippen molar-refractivity contribution in [2.75, 3.05) is 13.2 Å². The number of hydrogen-bond acceptors (Lipinski definition) is 9. The number of carbonyl (C=O) groups is 1. The van der Waals surface area contributed by atoms with Crippen molar-refractivity contribution in [3.05, 3.63) is 12.2 Å². The molecular weight excluding hydrogens is 975 g/mol. The predicted molar refractivity (Wildman–Crippen MR) is 329 cm³/mol. The normalized spacial score (nSPS) is 19.0. The lowest BCUT2D eigenvalue weighted by atomic mass is 9.99. The van der Waals surface area contributed by atoms with Crippen molar-refractivity contribution in [3.63, 3.8) is 0 Å². The molecule has 1 aliphatic heterocycles. The highest BCUT2D eigenvalue weighted by Gasteiger charge is 2.44. The summed E-state index contributed by atoms with van der Waals surface area (Å²) >= 11 is 0. The van der Waals surface area contributed by atoms with E-state index in [9.17, 15) is 35.4 Å². The summed E-state index contributed by atoms with van der Waals surface area (Å²) in [5, 5.41) is 65.4. The van der Waals surface area contributed by atoms with Crippen molar-refractivity contribution in [1.82, 2.24) is 5.32 Å². The lowest BCUT2D eigenvalue weighted by Gasteiger charge is -2.40. The van der Waals surface area contributed by atoms with E-state index in [2.05, 4.69) is 31.3 Å². The zero-order chi connectivity index (χ0) is 56.6. The van der Waals surface area contributed by atoms with E-state index in [1.54, 1.807) is 0 Å². The Morgan fingerprint density at radius 3 is 1.04 bits per heavy atom. The van der Waals surface area contributed by atoms with E-state index in [0.29, 0.717) is 12.8 Å². The van der Waals surface area contributed by atoms with Crippen LogP contribution in [0.3, 0.4) is 0 Å². The Hall–Kier alpha value is -1.11. The fourth-order valence-electron chi connectivity index (χ4n) is 11.5. The summed E-state index contributed by atoms with van der Waals surface area (Å²) in [5.74, 6) is -0.576. The predicted octanol–water partition coefficient (Wildman–Crippen LogP) is 17.3. The fraction of sp³-hybridized carbons (Fsp3) is 0.956. The lowest BCUT2D eigenvalue weighted by molar-refractivity contribution is -0.302. The summed E-state index contributed by atoms with van der Waals surface area (Å²) in [7, 11) is 0. The highest BCUT2D eigenvalue weighted by atomic mass is 16.7. The van der Waals surface area contributed by atoms with Gasteiger partial charge in [0.15, 0.2) is 6.29 Å². The molecule has 0 radical (unpaired) electrons. The number of amides is 1. The first-order valence-electron chi connectivity index (χ1n) is 34.5. The van der Waals surface area contributed by atoms with Crippen molar-refractivity contribution in [2.24, 2.45) is 0 Å². The second-order valence-corrected chi connectivity index (χ2v) is 24.5. The Balaban J connectivity index is 2.09. The van der Waals surface area contributed by atoms with Crippen molar-refractivity contribution in [3.8, 4) is 0 Å². The minimum Gasteiger partial charge on any atom is -0.394 e. The SMILES string of the molecule is CCCCCCCCCCCCCCCCCC/C=C\CCCCCCCCCCCCCCCCCCC(O)C(=O)NC(COC1OC(CO)C(O)C(O)C1O)C(O)CCCCCCCCCCCCCCCCCCC. The molecular formula is C68H133NO9. The fourth-order valence-corrected chi connectivity index (χ4v) is 11.5. The standard InChI is InChI=1S/C68H133NO9/c1-3-5-7-9-11-13-15-17-19-21-22-23-24-25-26-27-28-29-30-31-32-33-34-35-36-37-38-39-41-43-45-47-49-51-53-55-57-62(72)67(76)69-60(59-77-68-66(75)65(74)64(73)63(58-70)78-68)61(71)56-54-52-50-48-46-44-42-40-20-18-16-14-12-10-8-6-4-2/h29-30,60-66,68,70-75H,3-28,31-59H2,1-2H3,(H,69,76)/b30-29-. The summed E-state index contributed by atoms with van der Waals surface area (Å²) in [6.07, 6.45) is 63.2. The van der Waals surface area contributed by atoms with E-state index in [-0.39, 0.29) is 6.61 Å². The van der Waals surface area contributed by atoms with Gasteiger partial charge in [-0.3, -0.25) is 4.79 Å². The molecule has 10 nitrogen and oxygen atoms in total. The number of allylic oxidation sites excluding steroid dienone is 2. The van der Waals surface area contributed by atoms with Gasteiger partial charge in [0.25, 0.3) is 0 Å². The molecule has 8 atom stereocenters. The molecule has 0 bridgehead atoms. The van der Waals surface area contributed by atoms with E-state index < -0.39 is 61.5 Å². The van der Waals surface area contributed by atoms with Gasteiger partial charge in [-0.05, 0) is 38.5 Å².